The van der Waals surface area contributed by atoms with E-state index in [4.69, 9.17) is 0 Å². The van der Waals surface area contributed by atoms with Crippen molar-refractivity contribution in [2.45, 2.75) is 38.5 Å². The minimum Gasteiger partial charge on any atom is -0.356 e. The predicted molar refractivity (Wildman–Crippen MR) is 58.3 cm³/mol. The number of nitrogens with zero attached hydrogens (tertiary/aromatic N) is 1. The van der Waals surface area contributed by atoms with Gasteiger partial charge in [0, 0.05) is 33.0 Å². The van der Waals surface area contributed by atoms with Gasteiger partial charge in [-0.3, -0.25) is 9.59 Å². The topological polar surface area (TPSA) is 49.4 Å². The molecule has 2 fully saturated rings. The molecule has 0 atom stereocenters. The number of hydrogen-bond donors (Lipinski definition) is 1. The van der Waals surface area contributed by atoms with Crippen LogP contribution in [0.4, 0.5) is 0 Å². The highest BCUT2D eigenvalue weighted by molar-refractivity contribution is 5.77. The second kappa shape index (κ2) is 6.43. The molecule has 4 nitrogen and oxygen atoms in total. The third-order valence-corrected chi connectivity index (χ3v) is 2.71. The van der Waals surface area contributed by atoms with Crippen molar-refractivity contribution >= 4 is 11.8 Å². The van der Waals surface area contributed by atoms with Crippen molar-refractivity contribution in [3.05, 3.63) is 0 Å². The molecule has 2 amide bonds. The second-order valence-corrected chi connectivity index (χ2v) is 4.08. The number of carbonyl (C=O) groups is 2. The standard InChI is InChI=1S/C7H13NO.C4H7NO/c1-8-6-4-2-3-5-7(8)9;6-4-2-1-3-5-4/h2-6H2,1H3;1-3H2,(H,5,6). The lowest BCUT2D eigenvalue weighted by Crippen LogP contribution is -2.25. The van der Waals surface area contributed by atoms with E-state index in [0.717, 1.165) is 38.8 Å². The van der Waals surface area contributed by atoms with E-state index in [2.05, 4.69) is 5.32 Å². The number of amides is 2. The molecule has 0 aromatic heterocycles. The van der Waals surface area contributed by atoms with Gasteiger partial charge < -0.3 is 10.2 Å². The Morgan fingerprint density at radius 1 is 1.07 bits per heavy atom. The van der Waals surface area contributed by atoms with Crippen LogP contribution in [0, 0.1) is 0 Å². The molecule has 0 spiro atoms. The van der Waals surface area contributed by atoms with Crippen molar-refractivity contribution in [1.82, 2.24) is 10.2 Å². The van der Waals surface area contributed by atoms with Crippen molar-refractivity contribution in [2.24, 2.45) is 0 Å². The SMILES string of the molecule is CN1CCCCCC1=O.O=C1CCCN1. The number of hydrogen-bond acceptors (Lipinski definition) is 2. The summed E-state index contributed by atoms with van der Waals surface area (Å²) in [6.07, 6.45) is 6.01. The monoisotopic (exact) mass is 212 g/mol. The predicted octanol–water partition coefficient (Wildman–Crippen LogP) is 0.915. The molecule has 4 heteroatoms. The van der Waals surface area contributed by atoms with Crippen molar-refractivity contribution in [3.63, 3.8) is 0 Å². The summed E-state index contributed by atoms with van der Waals surface area (Å²) < 4.78 is 0. The van der Waals surface area contributed by atoms with E-state index in [1.807, 2.05) is 11.9 Å². The molecule has 86 valence electrons. The Hall–Kier alpha value is -1.06. The van der Waals surface area contributed by atoms with E-state index in [0.29, 0.717) is 5.91 Å². The van der Waals surface area contributed by atoms with E-state index in [1.165, 1.54) is 12.8 Å². The van der Waals surface area contributed by atoms with Gasteiger partial charge in [0.05, 0.1) is 0 Å². The molecule has 0 saturated carbocycles. The first-order valence-electron chi connectivity index (χ1n) is 5.71. The van der Waals surface area contributed by atoms with Gasteiger partial charge in [-0.05, 0) is 19.3 Å². The van der Waals surface area contributed by atoms with E-state index >= 15 is 0 Å². The first-order valence-corrected chi connectivity index (χ1v) is 5.71. The van der Waals surface area contributed by atoms with Crippen LogP contribution in [0.1, 0.15) is 38.5 Å². The Balaban J connectivity index is 0.000000162. The highest BCUT2D eigenvalue weighted by Gasteiger charge is 2.10. The summed E-state index contributed by atoms with van der Waals surface area (Å²) in [6.45, 7) is 1.84. The van der Waals surface area contributed by atoms with Gasteiger partial charge in [0.1, 0.15) is 0 Å². The molecule has 0 unspecified atom stereocenters. The van der Waals surface area contributed by atoms with Crippen LogP contribution in [0.25, 0.3) is 0 Å². The molecular formula is C11H20N2O2. The smallest absolute Gasteiger partial charge is 0.222 e. The molecule has 2 aliphatic rings. The van der Waals surface area contributed by atoms with Gasteiger partial charge in [-0.15, -0.1) is 0 Å². The molecule has 2 aliphatic heterocycles. The molecule has 0 bridgehead atoms. The van der Waals surface area contributed by atoms with Gasteiger partial charge in [-0.1, -0.05) is 6.42 Å². The Morgan fingerprint density at radius 3 is 2.40 bits per heavy atom. The zero-order valence-electron chi connectivity index (χ0n) is 9.42. The van der Waals surface area contributed by atoms with Gasteiger partial charge in [-0.2, -0.15) is 0 Å². The molecule has 0 aromatic rings. The first kappa shape index (κ1) is 12.0. The Bertz CT molecular complexity index is 221. The summed E-state index contributed by atoms with van der Waals surface area (Å²) >= 11 is 0. The quantitative estimate of drug-likeness (QED) is 0.649. The molecular weight excluding hydrogens is 192 g/mol. The maximum atomic E-state index is 10.9. The summed E-state index contributed by atoms with van der Waals surface area (Å²) in [5.41, 5.74) is 0. The first-order chi connectivity index (χ1) is 7.20. The van der Waals surface area contributed by atoms with Gasteiger partial charge in [0.25, 0.3) is 0 Å². The summed E-state index contributed by atoms with van der Waals surface area (Å²) in [6, 6.07) is 0. The highest BCUT2D eigenvalue weighted by Crippen LogP contribution is 2.08. The van der Waals surface area contributed by atoms with Crippen LogP contribution >= 0.6 is 0 Å². The van der Waals surface area contributed by atoms with Crippen LogP contribution in [0.5, 0.6) is 0 Å². The summed E-state index contributed by atoms with van der Waals surface area (Å²) in [5, 5.41) is 2.68. The van der Waals surface area contributed by atoms with Crippen molar-refractivity contribution in [2.75, 3.05) is 20.1 Å². The highest BCUT2D eigenvalue weighted by atomic mass is 16.2. The minimum absolute atomic E-state index is 0.204. The molecule has 1 N–H and O–H groups in total. The van der Waals surface area contributed by atoms with Crippen molar-refractivity contribution in [3.8, 4) is 0 Å². The van der Waals surface area contributed by atoms with Crippen LogP contribution in [0.3, 0.4) is 0 Å². The largest absolute Gasteiger partial charge is 0.356 e. The average molecular weight is 212 g/mol. The van der Waals surface area contributed by atoms with Crippen LogP contribution in [-0.4, -0.2) is 36.9 Å². The van der Waals surface area contributed by atoms with E-state index in [9.17, 15) is 9.59 Å². The second-order valence-electron chi connectivity index (χ2n) is 4.08. The Morgan fingerprint density at radius 2 is 1.87 bits per heavy atom. The molecule has 2 rings (SSSR count). The molecule has 2 heterocycles. The normalized spacial score (nSPS) is 21.5. The fourth-order valence-electron chi connectivity index (χ4n) is 1.68. The maximum absolute atomic E-state index is 10.9. The van der Waals surface area contributed by atoms with Gasteiger partial charge in [0.15, 0.2) is 0 Å². The van der Waals surface area contributed by atoms with Gasteiger partial charge in [0.2, 0.25) is 11.8 Å². The molecule has 15 heavy (non-hydrogen) atoms. The third-order valence-electron chi connectivity index (χ3n) is 2.71. The average Bonchev–Trinajstić information content (AvgIpc) is 2.61. The number of likely N-dealkylation sites (tertiary alicyclic amines) is 1. The molecule has 0 radical (unpaired) electrons. The number of nitrogens with one attached hydrogen (secondary N) is 1. The number of rotatable bonds is 0. The Labute approximate surface area is 91.0 Å². The van der Waals surface area contributed by atoms with E-state index < -0.39 is 0 Å². The fraction of sp³-hybridized carbons (Fsp3) is 0.818. The Kier molecular flexibility index (Phi) is 5.15. The number of carbonyl (C=O) groups excluding carboxylic acids is 2. The summed E-state index contributed by atoms with van der Waals surface area (Å²) in [5.74, 6) is 0.516. The van der Waals surface area contributed by atoms with Crippen LogP contribution in [0.2, 0.25) is 0 Å². The molecule has 2 saturated heterocycles. The fourth-order valence-corrected chi connectivity index (χ4v) is 1.68. The van der Waals surface area contributed by atoms with Gasteiger partial charge >= 0.3 is 0 Å². The molecule has 0 aromatic carbocycles. The van der Waals surface area contributed by atoms with E-state index in [1.54, 1.807) is 0 Å². The van der Waals surface area contributed by atoms with Crippen LogP contribution in [0.15, 0.2) is 0 Å². The zero-order chi connectivity index (χ0) is 11.1. The lowest BCUT2D eigenvalue weighted by atomic mass is 10.2. The third kappa shape index (κ3) is 4.81. The zero-order valence-corrected chi connectivity index (χ0v) is 9.42. The van der Waals surface area contributed by atoms with Gasteiger partial charge in [-0.25, -0.2) is 0 Å². The lowest BCUT2D eigenvalue weighted by molar-refractivity contribution is -0.129. The molecule has 0 aliphatic carbocycles. The maximum Gasteiger partial charge on any atom is 0.222 e. The summed E-state index contributed by atoms with van der Waals surface area (Å²) in [4.78, 5) is 22.9. The van der Waals surface area contributed by atoms with Crippen LogP contribution < -0.4 is 5.32 Å². The summed E-state index contributed by atoms with van der Waals surface area (Å²) in [7, 11) is 1.88. The van der Waals surface area contributed by atoms with Crippen molar-refractivity contribution < 1.29 is 9.59 Å². The minimum atomic E-state index is 0.204. The lowest BCUT2D eigenvalue weighted by Gasteiger charge is -2.11. The van der Waals surface area contributed by atoms with Crippen molar-refractivity contribution in [1.29, 1.82) is 0 Å². The van der Waals surface area contributed by atoms with Crippen LogP contribution in [-0.2, 0) is 9.59 Å². The van der Waals surface area contributed by atoms with E-state index in [-0.39, 0.29) is 5.91 Å².